The van der Waals surface area contributed by atoms with Gasteiger partial charge in [0.1, 0.15) is 0 Å². The van der Waals surface area contributed by atoms with Crippen molar-refractivity contribution >= 4 is 17.8 Å². The summed E-state index contributed by atoms with van der Waals surface area (Å²) in [5, 5.41) is 1.69. The van der Waals surface area contributed by atoms with E-state index >= 15 is 0 Å². The molecule has 0 fully saturated rings. The second kappa shape index (κ2) is 7.09. The van der Waals surface area contributed by atoms with Crippen LogP contribution in [0.3, 0.4) is 0 Å². The second-order valence-electron chi connectivity index (χ2n) is 5.20. The van der Waals surface area contributed by atoms with E-state index in [2.05, 4.69) is 68.5 Å². The topological polar surface area (TPSA) is 29.3 Å². The zero-order chi connectivity index (χ0) is 15.2. The monoisotopic (exact) mass is 280 g/mol. The third-order valence-corrected chi connectivity index (χ3v) is 3.80. The van der Waals surface area contributed by atoms with E-state index in [9.17, 15) is 0 Å². The van der Waals surface area contributed by atoms with Gasteiger partial charge in [-0.3, -0.25) is 0 Å². The van der Waals surface area contributed by atoms with Gasteiger partial charge < -0.3 is 5.01 Å². The van der Waals surface area contributed by atoms with E-state index < -0.39 is 0 Å². The van der Waals surface area contributed by atoms with E-state index in [1.165, 1.54) is 22.3 Å². The van der Waals surface area contributed by atoms with Crippen molar-refractivity contribution in [3.63, 3.8) is 0 Å². The molecule has 0 unspecified atom stereocenters. The maximum Gasteiger partial charge on any atom is 0.0588 e. The Morgan fingerprint density at radius 1 is 0.905 bits per heavy atom. The molecule has 2 nitrogen and oxygen atoms in total. The number of nitrogens with two attached hydrogens (primary N) is 1. The van der Waals surface area contributed by atoms with Crippen LogP contribution in [0.1, 0.15) is 36.1 Å². The Labute approximate surface area is 127 Å². The number of hydrazine groups is 1. The summed E-state index contributed by atoms with van der Waals surface area (Å²) in [6.07, 6.45) is 6.42. The number of hydrogen-bond acceptors (Lipinski definition) is 2. The lowest BCUT2D eigenvalue weighted by Crippen LogP contribution is -2.26. The van der Waals surface area contributed by atoms with Crippen molar-refractivity contribution in [1.29, 1.82) is 0 Å². The van der Waals surface area contributed by atoms with E-state index in [4.69, 9.17) is 5.84 Å². The minimum atomic E-state index is 0.997. The third kappa shape index (κ3) is 3.53. The van der Waals surface area contributed by atoms with Gasteiger partial charge in [-0.25, -0.2) is 5.84 Å². The molecule has 0 aliphatic rings. The molecule has 0 atom stereocenters. The van der Waals surface area contributed by atoms with Gasteiger partial charge in [0.25, 0.3) is 0 Å². The molecule has 0 spiro atoms. The van der Waals surface area contributed by atoms with E-state index in [1.54, 1.807) is 5.01 Å². The number of benzene rings is 2. The van der Waals surface area contributed by atoms with Crippen LogP contribution in [0.25, 0.3) is 12.2 Å². The van der Waals surface area contributed by atoms with E-state index in [0.29, 0.717) is 0 Å². The number of aryl methyl sites for hydroxylation is 2. The Bertz CT molecular complexity index is 627. The Morgan fingerprint density at radius 3 is 2.24 bits per heavy atom. The van der Waals surface area contributed by atoms with Crippen LogP contribution in [0.5, 0.6) is 0 Å². The molecular formula is C19H24N2. The first kappa shape index (κ1) is 15.3. The predicted molar refractivity (Wildman–Crippen MR) is 93.2 cm³/mol. The summed E-state index contributed by atoms with van der Waals surface area (Å²) in [6.45, 7) is 4.36. The number of nitrogens with zero attached hydrogens (tertiary/aromatic N) is 1. The molecule has 0 heterocycles. The number of anilines is 1. The van der Waals surface area contributed by atoms with Gasteiger partial charge in [-0.05, 0) is 35.6 Å². The van der Waals surface area contributed by atoms with Crippen LogP contribution in [-0.4, -0.2) is 7.05 Å². The number of rotatable bonds is 5. The predicted octanol–water partition coefficient (Wildman–Crippen LogP) is 4.29. The lowest BCUT2D eigenvalue weighted by atomic mass is 9.99. The Kier molecular flexibility index (Phi) is 5.18. The van der Waals surface area contributed by atoms with Gasteiger partial charge in [-0.15, -0.1) is 0 Å². The minimum absolute atomic E-state index is 0.997. The van der Waals surface area contributed by atoms with Crippen LogP contribution >= 0.6 is 0 Å². The molecule has 0 amide bonds. The summed E-state index contributed by atoms with van der Waals surface area (Å²) in [5.74, 6) is 5.96. The lowest BCUT2D eigenvalue weighted by molar-refractivity contribution is 1.01. The fourth-order valence-electron chi connectivity index (χ4n) is 2.60. The summed E-state index contributed by atoms with van der Waals surface area (Å²) in [4.78, 5) is 0. The van der Waals surface area contributed by atoms with Gasteiger partial charge in [0.15, 0.2) is 0 Å². The highest BCUT2D eigenvalue weighted by molar-refractivity contribution is 5.79. The highest BCUT2D eigenvalue weighted by Gasteiger charge is 2.06. The summed E-state index contributed by atoms with van der Waals surface area (Å²) in [5.41, 5.74) is 6.22. The first-order valence-corrected chi connectivity index (χ1v) is 7.53. The van der Waals surface area contributed by atoms with Crippen molar-refractivity contribution in [1.82, 2.24) is 0 Å². The zero-order valence-corrected chi connectivity index (χ0v) is 13.1. The molecular weight excluding hydrogens is 256 g/mol. The van der Waals surface area contributed by atoms with Crippen LogP contribution < -0.4 is 10.9 Å². The highest BCUT2D eigenvalue weighted by Crippen LogP contribution is 2.25. The summed E-state index contributed by atoms with van der Waals surface area (Å²) >= 11 is 0. The average Bonchev–Trinajstić information content (AvgIpc) is 2.52. The Morgan fingerprint density at radius 2 is 1.57 bits per heavy atom. The standard InChI is InChI=1S/C19H24N2/c1-4-15-9-6-7-10-17(15)13-14-18-16(5-2)11-8-12-19(18)21(3)20/h6-14H,4-5,20H2,1-3H3/b14-13+. The van der Waals surface area contributed by atoms with Crippen molar-refractivity contribution in [2.45, 2.75) is 26.7 Å². The molecule has 0 aromatic heterocycles. The molecule has 2 N–H and O–H groups in total. The number of hydrogen-bond donors (Lipinski definition) is 1. The normalized spacial score (nSPS) is 11.0. The lowest BCUT2D eigenvalue weighted by Gasteiger charge is -2.17. The van der Waals surface area contributed by atoms with Crippen LogP contribution in [-0.2, 0) is 12.8 Å². The molecule has 2 aromatic rings. The van der Waals surface area contributed by atoms with E-state index in [1.807, 2.05) is 7.05 Å². The molecule has 0 aliphatic carbocycles. The highest BCUT2D eigenvalue weighted by atomic mass is 15.4. The molecule has 0 saturated heterocycles. The maximum absolute atomic E-state index is 5.96. The summed E-state index contributed by atoms with van der Waals surface area (Å²) in [6, 6.07) is 14.8. The molecule has 21 heavy (non-hydrogen) atoms. The minimum Gasteiger partial charge on any atom is -0.314 e. The SMILES string of the molecule is CCc1ccccc1/C=C/c1c(CC)cccc1N(C)N. The van der Waals surface area contributed by atoms with Gasteiger partial charge in [-0.2, -0.15) is 0 Å². The fraction of sp³-hybridized carbons (Fsp3) is 0.263. The maximum atomic E-state index is 5.96. The van der Waals surface area contributed by atoms with Crippen molar-refractivity contribution in [2.75, 3.05) is 12.1 Å². The second-order valence-corrected chi connectivity index (χ2v) is 5.20. The van der Waals surface area contributed by atoms with E-state index in [0.717, 1.165) is 18.5 Å². The zero-order valence-electron chi connectivity index (χ0n) is 13.1. The Hall–Kier alpha value is -2.06. The largest absolute Gasteiger partial charge is 0.314 e. The summed E-state index contributed by atoms with van der Waals surface area (Å²) < 4.78 is 0. The van der Waals surface area contributed by atoms with Crippen molar-refractivity contribution in [2.24, 2.45) is 5.84 Å². The molecule has 2 heteroatoms. The van der Waals surface area contributed by atoms with Crippen molar-refractivity contribution in [3.05, 3.63) is 64.7 Å². The molecule has 0 aliphatic heterocycles. The Balaban J connectivity index is 2.45. The molecule has 2 aromatic carbocycles. The van der Waals surface area contributed by atoms with Gasteiger partial charge in [0, 0.05) is 12.6 Å². The van der Waals surface area contributed by atoms with Gasteiger partial charge >= 0.3 is 0 Å². The smallest absolute Gasteiger partial charge is 0.0588 e. The summed E-state index contributed by atoms with van der Waals surface area (Å²) in [7, 11) is 1.88. The van der Waals surface area contributed by atoms with Gasteiger partial charge in [0.2, 0.25) is 0 Å². The quantitative estimate of drug-likeness (QED) is 0.503. The first-order valence-electron chi connectivity index (χ1n) is 7.53. The van der Waals surface area contributed by atoms with Crippen LogP contribution in [0.4, 0.5) is 5.69 Å². The van der Waals surface area contributed by atoms with Gasteiger partial charge in [-0.1, -0.05) is 62.4 Å². The fourth-order valence-corrected chi connectivity index (χ4v) is 2.60. The first-order chi connectivity index (χ1) is 10.2. The average molecular weight is 280 g/mol. The van der Waals surface area contributed by atoms with Crippen molar-refractivity contribution in [3.8, 4) is 0 Å². The molecule has 0 saturated carbocycles. The van der Waals surface area contributed by atoms with Crippen LogP contribution in [0.15, 0.2) is 42.5 Å². The van der Waals surface area contributed by atoms with Crippen LogP contribution in [0.2, 0.25) is 0 Å². The third-order valence-electron chi connectivity index (χ3n) is 3.80. The molecule has 0 radical (unpaired) electrons. The van der Waals surface area contributed by atoms with E-state index in [-0.39, 0.29) is 0 Å². The van der Waals surface area contributed by atoms with Gasteiger partial charge in [0.05, 0.1) is 5.69 Å². The molecule has 0 bridgehead atoms. The molecule has 2 rings (SSSR count). The molecule has 110 valence electrons. The van der Waals surface area contributed by atoms with Crippen molar-refractivity contribution < 1.29 is 0 Å². The van der Waals surface area contributed by atoms with Crippen LogP contribution in [0, 0.1) is 0 Å².